The zero-order chi connectivity index (χ0) is 15.9. The van der Waals surface area contributed by atoms with Crippen molar-refractivity contribution in [3.63, 3.8) is 0 Å². The molecule has 1 rings (SSSR count). The Morgan fingerprint density at radius 1 is 1.32 bits per heavy atom. The zero-order valence-electron chi connectivity index (χ0n) is 14.3. The summed E-state index contributed by atoms with van der Waals surface area (Å²) in [6.07, 6.45) is 2.12. The molecule has 6 heteroatoms. The lowest BCUT2D eigenvalue weighted by molar-refractivity contribution is 0.411. The van der Waals surface area contributed by atoms with Crippen LogP contribution in [0.15, 0.2) is 23.2 Å². The Balaban J connectivity index is 0.00000441. The van der Waals surface area contributed by atoms with Crippen LogP contribution >= 0.6 is 35.7 Å². The lowest BCUT2D eigenvalue weighted by Crippen LogP contribution is -2.42. The number of aryl methyl sites for hydroxylation is 1. The SMILES string of the molecule is CN=C(NCc1ccc(C)c(OC)c1)NCC(C)(C)SC.I. The third-order valence-corrected chi connectivity index (χ3v) is 4.64. The maximum absolute atomic E-state index is 5.35. The summed E-state index contributed by atoms with van der Waals surface area (Å²) in [6.45, 7) is 8.05. The highest BCUT2D eigenvalue weighted by Crippen LogP contribution is 2.20. The highest BCUT2D eigenvalue weighted by molar-refractivity contribution is 14.0. The van der Waals surface area contributed by atoms with Crippen molar-refractivity contribution >= 4 is 41.7 Å². The van der Waals surface area contributed by atoms with Crippen molar-refractivity contribution in [1.29, 1.82) is 0 Å². The van der Waals surface area contributed by atoms with Gasteiger partial charge in [0, 0.05) is 24.9 Å². The first kappa shape index (κ1) is 21.4. The second-order valence-electron chi connectivity index (χ2n) is 5.55. The molecule has 0 atom stereocenters. The van der Waals surface area contributed by atoms with Crippen molar-refractivity contribution in [3.05, 3.63) is 29.3 Å². The third-order valence-electron chi connectivity index (χ3n) is 3.39. The van der Waals surface area contributed by atoms with Crippen molar-refractivity contribution < 1.29 is 4.74 Å². The Labute approximate surface area is 155 Å². The predicted octanol–water partition coefficient (Wildman–Crippen LogP) is 3.43. The van der Waals surface area contributed by atoms with Gasteiger partial charge in [0.15, 0.2) is 5.96 Å². The summed E-state index contributed by atoms with van der Waals surface area (Å²) in [6, 6.07) is 6.23. The summed E-state index contributed by atoms with van der Waals surface area (Å²) in [5.74, 6) is 1.73. The first-order chi connectivity index (χ1) is 9.91. The van der Waals surface area contributed by atoms with E-state index < -0.39 is 0 Å². The molecule has 0 aromatic heterocycles. The number of nitrogens with zero attached hydrogens (tertiary/aromatic N) is 1. The largest absolute Gasteiger partial charge is 0.496 e. The van der Waals surface area contributed by atoms with E-state index in [1.165, 1.54) is 5.56 Å². The number of guanidine groups is 1. The van der Waals surface area contributed by atoms with Gasteiger partial charge in [0.1, 0.15) is 5.75 Å². The van der Waals surface area contributed by atoms with E-state index in [2.05, 4.69) is 53.9 Å². The quantitative estimate of drug-likeness (QED) is 0.407. The molecule has 4 nitrogen and oxygen atoms in total. The molecule has 0 unspecified atom stereocenters. The van der Waals surface area contributed by atoms with Gasteiger partial charge in [0.25, 0.3) is 0 Å². The van der Waals surface area contributed by atoms with E-state index in [0.717, 1.165) is 30.4 Å². The number of ether oxygens (including phenoxy) is 1. The monoisotopic (exact) mass is 437 g/mol. The van der Waals surface area contributed by atoms with Crippen LogP contribution in [0.1, 0.15) is 25.0 Å². The molecule has 0 aliphatic rings. The highest BCUT2D eigenvalue weighted by atomic mass is 127. The van der Waals surface area contributed by atoms with E-state index in [1.54, 1.807) is 14.2 Å². The van der Waals surface area contributed by atoms with Gasteiger partial charge in [-0.3, -0.25) is 4.99 Å². The van der Waals surface area contributed by atoms with E-state index in [0.29, 0.717) is 0 Å². The summed E-state index contributed by atoms with van der Waals surface area (Å²) < 4.78 is 5.53. The summed E-state index contributed by atoms with van der Waals surface area (Å²) in [5.41, 5.74) is 2.31. The lowest BCUT2D eigenvalue weighted by Gasteiger charge is -2.23. The van der Waals surface area contributed by atoms with Crippen molar-refractivity contribution in [2.24, 2.45) is 4.99 Å². The van der Waals surface area contributed by atoms with E-state index >= 15 is 0 Å². The number of hydrogen-bond donors (Lipinski definition) is 2. The highest BCUT2D eigenvalue weighted by Gasteiger charge is 2.16. The molecule has 0 fully saturated rings. The van der Waals surface area contributed by atoms with Crippen LogP contribution in [0, 0.1) is 6.92 Å². The minimum absolute atomic E-state index is 0. The molecular weight excluding hydrogens is 409 g/mol. The van der Waals surface area contributed by atoms with Crippen molar-refractivity contribution in [3.8, 4) is 5.75 Å². The van der Waals surface area contributed by atoms with Crippen LogP contribution in [0.2, 0.25) is 0 Å². The Morgan fingerprint density at radius 3 is 2.55 bits per heavy atom. The Kier molecular flexibility index (Phi) is 9.91. The summed E-state index contributed by atoms with van der Waals surface area (Å²) in [4.78, 5) is 4.25. The molecule has 0 aliphatic carbocycles. The molecule has 0 saturated carbocycles. The van der Waals surface area contributed by atoms with Crippen LogP contribution in [-0.2, 0) is 6.54 Å². The average molecular weight is 437 g/mol. The molecule has 0 radical (unpaired) electrons. The summed E-state index contributed by atoms with van der Waals surface area (Å²) in [7, 11) is 3.49. The van der Waals surface area contributed by atoms with E-state index in [-0.39, 0.29) is 28.7 Å². The lowest BCUT2D eigenvalue weighted by atomic mass is 10.1. The van der Waals surface area contributed by atoms with Crippen LogP contribution in [0.4, 0.5) is 0 Å². The van der Waals surface area contributed by atoms with Gasteiger partial charge >= 0.3 is 0 Å². The molecule has 0 amide bonds. The van der Waals surface area contributed by atoms with E-state index in [4.69, 9.17) is 4.74 Å². The normalized spacial score (nSPS) is 11.6. The van der Waals surface area contributed by atoms with Crippen LogP contribution in [-0.4, -0.2) is 37.7 Å². The summed E-state index contributed by atoms with van der Waals surface area (Å²) in [5, 5.41) is 6.68. The predicted molar refractivity (Wildman–Crippen MR) is 109 cm³/mol. The van der Waals surface area contributed by atoms with Crippen LogP contribution in [0.25, 0.3) is 0 Å². The van der Waals surface area contributed by atoms with Crippen LogP contribution in [0.3, 0.4) is 0 Å². The number of halogens is 1. The first-order valence-electron chi connectivity index (χ1n) is 7.05. The molecular formula is C16H28IN3OS. The molecule has 0 bridgehead atoms. The Bertz CT molecular complexity index is 492. The second-order valence-corrected chi connectivity index (χ2v) is 7.06. The van der Waals surface area contributed by atoms with Gasteiger partial charge in [-0.15, -0.1) is 24.0 Å². The number of benzene rings is 1. The Hall–Kier alpha value is -0.630. The van der Waals surface area contributed by atoms with Crippen LogP contribution < -0.4 is 15.4 Å². The number of nitrogens with one attached hydrogen (secondary N) is 2. The topological polar surface area (TPSA) is 45.7 Å². The smallest absolute Gasteiger partial charge is 0.191 e. The van der Waals surface area contributed by atoms with E-state index in [1.807, 2.05) is 18.7 Å². The number of rotatable bonds is 6. The number of hydrogen-bond acceptors (Lipinski definition) is 3. The standard InChI is InChI=1S/C16H27N3OS.HI/c1-12-7-8-13(9-14(12)20-5)10-18-15(17-4)19-11-16(2,3)21-6;/h7-9H,10-11H2,1-6H3,(H2,17,18,19);1H. The van der Waals surface area contributed by atoms with Gasteiger partial charge in [-0.2, -0.15) is 11.8 Å². The number of thioether (sulfide) groups is 1. The van der Waals surface area contributed by atoms with Crippen LogP contribution in [0.5, 0.6) is 5.75 Å². The Morgan fingerprint density at radius 2 is 2.00 bits per heavy atom. The van der Waals surface area contributed by atoms with Gasteiger partial charge in [-0.05, 0) is 44.2 Å². The summed E-state index contributed by atoms with van der Waals surface area (Å²) >= 11 is 1.84. The fraction of sp³-hybridized carbons (Fsp3) is 0.562. The average Bonchev–Trinajstić information content (AvgIpc) is 2.48. The molecule has 0 spiro atoms. The van der Waals surface area contributed by atoms with Gasteiger partial charge in [0.05, 0.1) is 7.11 Å². The first-order valence-corrected chi connectivity index (χ1v) is 8.27. The molecule has 126 valence electrons. The van der Waals surface area contributed by atoms with Gasteiger partial charge in [-0.25, -0.2) is 0 Å². The van der Waals surface area contributed by atoms with Gasteiger partial charge in [-0.1, -0.05) is 12.1 Å². The molecule has 1 aromatic rings. The minimum Gasteiger partial charge on any atom is -0.496 e. The van der Waals surface area contributed by atoms with Gasteiger partial charge in [0.2, 0.25) is 0 Å². The van der Waals surface area contributed by atoms with Crippen molar-refractivity contribution in [2.75, 3.05) is 27.0 Å². The van der Waals surface area contributed by atoms with E-state index in [9.17, 15) is 0 Å². The molecule has 0 heterocycles. The van der Waals surface area contributed by atoms with Gasteiger partial charge < -0.3 is 15.4 Å². The number of aliphatic imine (C=N–C) groups is 1. The maximum atomic E-state index is 5.35. The third kappa shape index (κ3) is 7.09. The number of methoxy groups -OCH3 is 1. The maximum Gasteiger partial charge on any atom is 0.191 e. The second kappa shape index (κ2) is 10.2. The molecule has 0 saturated heterocycles. The fourth-order valence-corrected chi connectivity index (χ4v) is 1.97. The minimum atomic E-state index is 0. The molecule has 0 aliphatic heterocycles. The zero-order valence-corrected chi connectivity index (χ0v) is 17.5. The molecule has 2 N–H and O–H groups in total. The van der Waals surface area contributed by atoms with Crippen molar-refractivity contribution in [1.82, 2.24) is 10.6 Å². The fourth-order valence-electron chi connectivity index (χ4n) is 1.75. The molecule has 1 aromatic carbocycles. The van der Waals surface area contributed by atoms with Crippen molar-refractivity contribution in [2.45, 2.75) is 32.1 Å². The molecule has 22 heavy (non-hydrogen) atoms.